The van der Waals surface area contributed by atoms with E-state index in [1.54, 1.807) is 47.5 Å². The van der Waals surface area contributed by atoms with Gasteiger partial charge in [0, 0.05) is 64.1 Å². The average Bonchev–Trinajstić information content (AvgIpc) is 3.01. The third kappa shape index (κ3) is 9.23. The first-order chi connectivity index (χ1) is 21.8. The minimum atomic E-state index is -4.72. The first-order valence-corrected chi connectivity index (χ1v) is 17.0. The number of carbonyl (C=O) groups excluding carboxylic acids is 1. The van der Waals surface area contributed by atoms with Gasteiger partial charge in [-0.2, -0.15) is 0 Å². The van der Waals surface area contributed by atoms with Gasteiger partial charge in [-0.25, -0.2) is 8.42 Å². The normalized spacial score (nSPS) is 17.0. The number of aromatic nitrogens is 1. The third-order valence-electron chi connectivity index (χ3n) is 8.11. The number of ether oxygens (including phenoxy) is 2. The Morgan fingerprint density at radius 3 is 2.28 bits per heavy atom. The number of rotatable bonds is 10. The molecule has 0 spiro atoms. The van der Waals surface area contributed by atoms with Gasteiger partial charge >= 0.3 is 6.36 Å². The molecule has 9 nitrogen and oxygen atoms in total. The molecule has 13 heteroatoms. The van der Waals surface area contributed by atoms with Crippen LogP contribution in [0.15, 0.2) is 78.3 Å². The topological polar surface area (TPSA) is 101 Å². The van der Waals surface area contributed by atoms with Gasteiger partial charge in [-0.05, 0) is 66.9 Å². The van der Waals surface area contributed by atoms with Crippen LogP contribution in [-0.2, 0) is 16.4 Å². The average molecular weight is 659 g/mol. The lowest BCUT2D eigenvalue weighted by Gasteiger charge is -2.33. The van der Waals surface area contributed by atoms with Gasteiger partial charge in [0.05, 0.1) is 21.8 Å². The summed E-state index contributed by atoms with van der Waals surface area (Å²) in [5.74, 6) is 0.280. The van der Waals surface area contributed by atoms with E-state index in [1.165, 1.54) is 24.3 Å². The smallest absolute Gasteiger partial charge is 0.490 e. The zero-order valence-electron chi connectivity index (χ0n) is 25.5. The molecular formula is C33H37F3N4O5S. The molecule has 2 aliphatic rings. The van der Waals surface area contributed by atoms with Crippen molar-refractivity contribution in [2.24, 2.45) is 0 Å². The molecule has 0 aliphatic carbocycles. The van der Waals surface area contributed by atoms with Crippen LogP contribution >= 0.6 is 0 Å². The Hall–Kier alpha value is -4.10. The van der Waals surface area contributed by atoms with E-state index < -0.39 is 16.2 Å². The van der Waals surface area contributed by atoms with E-state index in [9.17, 15) is 26.4 Å². The second-order valence-corrected chi connectivity index (χ2v) is 13.7. The molecule has 0 atom stereocenters. The van der Waals surface area contributed by atoms with Gasteiger partial charge in [-0.3, -0.25) is 14.7 Å². The molecule has 0 unspecified atom stereocenters. The lowest BCUT2D eigenvalue weighted by Crippen LogP contribution is -2.42. The van der Waals surface area contributed by atoms with Crippen molar-refractivity contribution in [3.63, 3.8) is 0 Å². The molecule has 0 saturated carbocycles. The van der Waals surface area contributed by atoms with Gasteiger partial charge in [0.15, 0.2) is 9.84 Å². The van der Waals surface area contributed by atoms with Crippen molar-refractivity contribution in [3.8, 4) is 11.5 Å². The van der Waals surface area contributed by atoms with Crippen LogP contribution in [0.2, 0.25) is 0 Å². The van der Waals surface area contributed by atoms with Crippen LogP contribution in [0, 0.1) is 0 Å². The van der Waals surface area contributed by atoms with E-state index in [0.717, 1.165) is 37.8 Å². The summed E-state index contributed by atoms with van der Waals surface area (Å²) in [6.07, 6.45) is 0.919. The molecule has 3 heterocycles. The van der Waals surface area contributed by atoms with Crippen molar-refractivity contribution >= 4 is 21.4 Å². The van der Waals surface area contributed by atoms with Gasteiger partial charge in [0.25, 0.3) is 5.91 Å². The number of nitrogens with zero attached hydrogens (tertiary/aromatic N) is 3. The number of benzene rings is 2. The Labute approximate surface area is 266 Å². The molecule has 5 rings (SSSR count). The van der Waals surface area contributed by atoms with Crippen molar-refractivity contribution in [1.82, 2.24) is 20.1 Å². The molecule has 2 saturated heterocycles. The molecule has 46 heavy (non-hydrogen) atoms. The molecule has 246 valence electrons. The number of hydrogen-bond acceptors (Lipinski definition) is 8. The molecule has 0 radical (unpaired) electrons. The number of amides is 1. The number of halogens is 3. The van der Waals surface area contributed by atoms with E-state index in [2.05, 4.69) is 26.5 Å². The molecule has 1 amide bonds. The van der Waals surface area contributed by atoms with E-state index in [1.807, 2.05) is 0 Å². The summed E-state index contributed by atoms with van der Waals surface area (Å²) >= 11 is 0. The fourth-order valence-electron chi connectivity index (χ4n) is 5.67. The van der Waals surface area contributed by atoms with E-state index in [-0.39, 0.29) is 28.7 Å². The highest BCUT2D eigenvalue weighted by Gasteiger charge is 2.31. The standard InChI is InChI=1S/C33H37F3N4O5S/c1-23(38-26-12-16-39(17-13-26)22-24-4-3-5-29(20-24)45-33(34,35)36)31-11-6-25(21-37-31)32(41)40-18-14-28(15-19-40)44-27-7-9-30(10-8-27)46(2,42)43/h3-11,20-21,26,28,38H,1,12-19,22H2,2H3. The summed E-state index contributed by atoms with van der Waals surface area (Å²) in [6.45, 7) is 7.28. The molecule has 1 N–H and O–H groups in total. The zero-order chi connectivity index (χ0) is 32.9. The summed E-state index contributed by atoms with van der Waals surface area (Å²) in [4.78, 5) is 21.8. The highest BCUT2D eigenvalue weighted by Crippen LogP contribution is 2.25. The first kappa shape index (κ1) is 33.3. The molecule has 0 bridgehead atoms. The van der Waals surface area contributed by atoms with Crippen molar-refractivity contribution in [3.05, 3.63) is 90.3 Å². The predicted molar refractivity (Wildman–Crippen MR) is 167 cm³/mol. The van der Waals surface area contributed by atoms with Crippen LogP contribution < -0.4 is 14.8 Å². The van der Waals surface area contributed by atoms with Gasteiger partial charge in [-0.1, -0.05) is 18.7 Å². The fraction of sp³-hybridized carbons (Fsp3) is 0.394. The van der Waals surface area contributed by atoms with Crippen LogP contribution in [0.5, 0.6) is 11.5 Å². The quantitative estimate of drug-likeness (QED) is 0.314. The maximum atomic E-state index is 13.1. The number of pyridine rings is 1. The number of alkyl halides is 3. The van der Waals surface area contributed by atoms with Gasteiger partial charge in [0.1, 0.15) is 17.6 Å². The number of hydrogen-bond donors (Lipinski definition) is 1. The van der Waals surface area contributed by atoms with Crippen LogP contribution in [0.25, 0.3) is 5.70 Å². The van der Waals surface area contributed by atoms with Crippen LogP contribution in [-0.4, -0.2) is 80.1 Å². The van der Waals surface area contributed by atoms with Crippen LogP contribution in [0.3, 0.4) is 0 Å². The lowest BCUT2D eigenvalue weighted by atomic mass is 10.0. The first-order valence-electron chi connectivity index (χ1n) is 15.1. The van der Waals surface area contributed by atoms with Crippen LogP contribution in [0.4, 0.5) is 13.2 Å². The minimum absolute atomic E-state index is 0.0704. The van der Waals surface area contributed by atoms with Crippen molar-refractivity contribution in [1.29, 1.82) is 0 Å². The Balaban J connectivity index is 1.04. The summed E-state index contributed by atoms with van der Waals surface area (Å²) in [5, 5.41) is 3.43. The second kappa shape index (κ2) is 14.1. The van der Waals surface area contributed by atoms with Gasteiger partial charge in [-0.15, -0.1) is 13.2 Å². The van der Waals surface area contributed by atoms with E-state index in [0.29, 0.717) is 55.2 Å². The van der Waals surface area contributed by atoms with E-state index in [4.69, 9.17) is 4.74 Å². The Bertz CT molecular complexity index is 1620. The van der Waals surface area contributed by atoms with E-state index >= 15 is 0 Å². The fourth-order valence-corrected chi connectivity index (χ4v) is 6.30. The summed E-state index contributed by atoms with van der Waals surface area (Å²) in [5.41, 5.74) is 2.56. The van der Waals surface area contributed by atoms with Crippen molar-refractivity contribution < 1.29 is 35.9 Å². The molecule has 2 aromatic carbocycles. The van der Waals surface area contributed by atoms with Crippen LogP contribution in [0.1, 0.15) is 47.3 Å². The summed E-state index contributed by atoms with van der Waals surface area (Å²) in [6, 6.07) is 16.1. The third-order valence-corrected chi connectivity index (χ3v) is 9.24. The van der Waals surface area contributed by atoms with Crippen molar-refractivity contribution in [2.75, 3.05) is 32.4 Å². The number of sulfone groups is 1. The summed E-state index contributed by atoms with van der Waals surface area (Å²) in [7, 11) is -3.27. The molecule has 1 aromatic heterocycles. The number of carbonyl (C=O) groups is 1. The molecule has 3 aromatic rings. The highest BCUT2D eigenvalue weighted by molar-refractivity contribution is 7.90. The Morgan fingerprint density at radius 1 is 0.978 bits per heavy atom. The number of nitrogens with one attached hydrogen (secondary N) is 1. The Morgan fingerprint density at radius 2 is 1.67 bits per heavy atom. The monoisotopic (exact) mass is 658 g/mol. The van der Waals surface area contributed by atoms with Gasteiger partial charge < -0.3 is 19.7 Å². The second-order valence-electron chi connectivity index (χ2n) is 11.7. The maximum absolute atomic E-state index is 13.1. The summed E-state index contributed by atoms with van der Waals surface area (Å²) < 4.78 is 71.0. The SMILES string of the molecule is C=C(NC1CCN(Cc2cccc(OC(F)(F)F)c2)CC1)c1ccc(C(=O)N2CCC(Oc3ccc(S(C)(=O)=O)cc3)CC2)cn1. The lowest BCUT2D eigenvalue weighted by molar-refractivity contribution is -0.274. The minimum Gasteiger partial charge on any atom is -0.490 e. The maximum Gasteiger partial charge on any atom is 0.573 e. The Kier molecular flexibility index (Phi) is 10.2. The number of piperidine rings is 2. The molecular weight excluding hydrogens is 621 g/mol. The zero-order valence-corrected chi connectivity index (χ0v) is 26.3. The largest absolute Gasteiger partial charge is 0.573 e. The molecule has 2 aliphatic heterocycles. The predicted octanol–water partition coefficient (Wildman–Crippen LogP) is 5.29. The number of likely N-dealkylation sites (tertiary alicyclic amines) is 2. The van der Waals surface area contributed by atoms with Crippen molar-refractivity contribution in [2.45, 2.75) is 55.6 Å². The molecule has 2 fully saturated rings. The van der Waals surface area contributed by atoms with Gasteiger partial charge in [0.2, 0.25) is 0 Å². The highest BCUT2D eigenvalue weighted by atomic mass is 32.2.